The van der Waals surface area contributed by atoms with E-state index in [0.29, 0.717) is 5.92 Å². The van der Waals surface area contributed by atoms with Crippen molar-refractivity contribution in [3.8, 4) is 0 Å². The molecule has 8 heteroatoms. The number of hydrogen-bond donors (Lipinski definition) is 0. The van der Waals surface area contributed by atoms with Crippen LogP contribution >= 0.6 is 0 Å². The highest BCUT2D eigenvalue weighted by atomic mass is 15.5. The van der Waals surface area contributed by atoms with Crippen molar-refractivity contribution in [2.75, 3.05) is 19.6 Å². The molecule has 95 heavy (non-hydrogen) atoms. The predicted octanol–water partition coefficient (Wildman–Crippen LogP) is 20.9. The summed E-state index contributed by atoms with van der Waals surface area (Å²) in [5.41, 5.74) is 21.0. The third-order valence-corrected chi connectivity index (χ3v) is 21.8. The van der Waals surface area contributed by atoms with E-state index in [9.17, 15) is 0 Å². The first-order valence-electron chi connectivity index (χ1n) is 37.9. The van der Waals surface area contributed by atoms with Gasteiger partial charge in [-0.05, 0) is 216 Å². The average molecular weight is 1260 g/mol. The Bertz CT molecular complexity index is 4500. The van der Waals surface area contributed by atoms with Gasteiger partial charge in [0.2, 0.25) is 0 Å². The molecule has 488 valence electrons. The maximum atomic E-state index is 9.15. The van der Waals surface area contributed by atoms with Gasteiger partial charge in [0.15, 0.2) is 0 Å². The van der Waals surface area contributed by atoms with Crippen LogP contribution in [0.4, 0.5) is 22.7 Å². The van der Waals surface area contributed by atoms with Crippen LogP contribution in [0.1, 0.15) is 163 Å². The van der Waals surface area contributed by atoms with E-state index in [2.05, 4.69) is 257 Å². The lowest BCUT2D eigenvalue weighted by Gasteiger charge is -2.46. The van der Waals surface area contributed by atoms with E-state index in [1.54, 1.807) is 0 Å². The van der Waals surface area contributed by atoms with Crippen molar-refractivity contribution in [2.24, 2.45) is 5.92 Å². The highest BCUT2D eigenvalue weighted by Crippen LogP contribution is 2.54. The van der Waals surface area contributed by atoms with Gasteiger partial charge in [-0.3, -0.25) is 0 Å². The van der Waals surface area contributed by atoms with E-state index in [4.69, 9.17) is 9.60 Å². The molecule has 7 aromatic carbocycles. The van der Waals surface area contributed by atoms with Gasteiger partial charge in [-0.15, -0.1) is 0 Å². The molecule has 1 aliphatic carbocycles. The molecule has 1 fully saturated rings. The van der Waals surface area contributed by atoms with Gasteiger partial charge in [-0.1, -0.05) is 201 Å². The molecule has 1 saturated carbocycles. The molecule has 0 spiro atoms. The largest absolute Gasteiger partial charge is 0.341 e. The second kappa shape index (κ2) is 25.9. The maximum Gasteiger partial charge on any atom is 0.112 e. The van der Waals surface area contributed by atoms with Crippen molar-refractivity contribution in [3.63, 3.8) is 0 Å². The van der Waals surface area contributed by atoms with Gasteiger partial charge >= 0.3 is 0 Å². The maximum absolute atomic E-state index is 9.15. The molecule has 0 radical (unpaired) electrons. The van der Waals surface area contributed by atoms with Gasteiger partial charge in [0.05, 0.1) is 41.3 Å². The number of nitrogens with zero attached hydrogens (tertiary/aromatic N) is 8. The van der Waals surface area contributed by atoms with Gasteiger partial charge < -0.3 is 39.2 Å². The molecule has 16 rings (SSSR count). The smallest absolute Gasteiger partial charge is 0.112 e. The summed E-state index contributed by atoms with van der Waals surface area (Å²) in [5.74, 6) is 0.509. The summed E-state index contributed by atoms with van der Waals surface area (Å²) in [5, 5.41) is 0. The van der Waals surface area contributed by atoms with E-state index in [-0.39, 0.29) is 28.9 Å². The van der Waals surface area contributed by atoms with E-state index < -0.39 is 32.1 Å². The Labute approximate surface area is 579 Å². The lowest BCUT2D eigenvalue weighted by Crippen LogP contribution is -2.52. The van der Waals surface area contributed by atoms with Crippen LogP contribution in [-0.2, 0) is 5.54 Å². The van der Waals surface area contributed by atoms with Crippen LogP contribution < -0.4 is 19.6 Å². The number of fused-ring (bicyclic) bond motifs is 4. The Morgan fingerprint density at radius 2 is 0.758 bits per heavy atom. The van der Waals surface area contributed by atoms with Crippen LogP contribution in [0, 0.1) is 33.6 Å². The number of hydrogen-bond acceptors (Lipinski definition) is 8. The van der Waals surface area contributed by atoms with Crippen molar-refractivity contribution in [1.82, 2.24) is 19.6 Å². The Balaban J connectivity index is 0.000000122. The minimum atomic E-state index is -2.10. The van der Waals surface area contributed by atoms with Crippen molar-refractivity contribution in [3.05, 3.63) is 321 Å². The average Bonchev–Trinajstić information content (AvgIpc) is 1.56. The lowest BCUT2D eigenvalue weighted by atomic mass is 9.75. The Kier molecular flexibility index (Phi) is 15.3. The first-order valence-corrected chi connectivity index (χ1v) is 34.4. The summed E-state index contributed by atoms with van der Waals surface area (Å²) in [4.78, 5) is 17.9. The molecule has 8 nitrogen and oxygen atoms in total. The Morgan fingerprint density at radius 1 is 0.379 bits per heavy atom. The van der Waals surface area contributed by atoms with Crippen molar-refractivity contribution >= 4 is 22.7 Å². The van der Waals surface area contributed by atoms with Crippen LogP contribution in [0.15, 0.2) is 282 Å². The molecule has 8 heterocycles. The quantitative estimate of drug-likeness (QED) is 0.149. The molecule has 0 aromatic heterocycles. The third kappa shape index (κ3) is 11.0. The van der Waals surface area contributed by atoms with E-state index in [1.165, 1.54) is 82.8 Å². The lowest BCUT2D eigenvalue weighted by molar-refractivity contribution is 0.0931. The van der Waals surface area contributed by atoms with Gasteiger partial charge in [0, 0.05) is 53.8 Å². The molecular formula is C87H100N8. The van der Waals surface area contributed by atoms with Gasteiger partial charge in [-0.25, -0.2) is 0 Å². The highest BCUT2D eigenvalue weighted by Gasteiger charge is 2.52. The summed E-state index contributed by atoms with van der Waals surface area (Å²) in [6.07, 6.45) is 22.5. The van der Waals surface area contributed by atoms with E-state index in [0.717, 1.165) is 56.6 Å². The Morgan fingerprint density at radius 3 is 1.23 bits per heavy atom. The fourth-order valence-electron chi connectivity index (χ4n) is 16.8. The molecule has 0 bridgehead atoms. The van der Waals surface area contributed by atoms with Gasteiger partial charge in [-0.2, -0.15) is 0 Å². The highest BCUT2D eigenvalue weighted by molar-refractivity contribution is 5.68. The minimum Gasteiger partial charge on any atom is -0.341 e. The molecular weight excluding hydrogens is 1160 g/mol. The third-order valence-electron chi connectivity index (χ3n) is 21.8. The summed E-state index contributed by atoms with van der Waals surface area (Å²) >= 11 is 0. The van der Waals surface area contributed by atoms with Gasteiger partial charge in [0.25, 0.3) is 0 Å². The van der Waals surface area contributed by atoms with Crippen molar-refractivity contribution < 1.29 is 9.60 Å². The minimum absolute atomic E-state index is 0.0915. The predicted molar refractivity (Wildman–Crippen MR) is 399 cm³/mol. The number of rotatable bonds is 8. The zero-order valence-corrected chi connectivity index (χ0v) is 58.0. The molecule has 6 atom stereocenters. The molecule has 0 saturated heterocycles. The second-order valence-corrected chi connectivity index (χ2v) is 27.8. The molecule has 6 unspecified atom stereocenters. The fraction of sp³-hybridized carbons (Fsp3) is 0.333. The number of benzene rings is 7. The van der Waals surface area contributed by atoms with E-state index in [1.807, 2.05) is 109 Å². The molecule has 0 N–H and O–H groups in total. The first kappa shape index (κ1) is 56.2. The van der Waals surface area contributed by atoms with Crippen LogP contribution in [-0.4, -0.2) is 55.3 Å². The topological polar surface area (TPSA) is 25.9 Å². The number of anilines is 4. The van der Waals surface area contributed by atoms with Crippen molar-refractivity contribution in [1.29, 1.82) is 0 Å². The number of para-hydroxylation sites is 4. The second-order valence-electron chi connectivity index (χ2n) is 27.8. The van der Waals surface area contributed by atoms with Crippen LogP contribution in [0.25, 0.3) is 0 Å². The van der Waals surface area contributed by atoms with Crippen molar-refractivity contribution in [2.45, 2.75) is 183 Å². The summed E-state index contributed by atoms with van der Waals surface area (Å²) in [6, 6.07) is 64.2. The van der Waals surface area contributed by atoms with Crippen LogP contribution in [0.5, 0.6) is 0 Å². The zero-order valence-electron chi connectivity index (χ0n) is 65.0. The standard InChI is InChI=1S/C27H26N2.C22H30N2.C21H22N2.C17H22N2/c1-20-12-10-11-17-25(20)28-21(2)26-18-19-27(29(26)22(28)3,23-13-6-4-7-14-23)24-15-8-5-9-16-24;1-16-10-8-9-13-20(16)23-17(2)21-14-15-22(4,24(21)18(23)3)19-11-6-5-7-12-19;1-15-9-7-8-12-19(15)22-16(2)20-13-14-21(23(20)17(22)3)18-10-5-4-6-11-18;1-12-8-6-7-9-15(12)18-13(2)16-10-11-17(4,5)19(16)14(18)3/h4-19,22H,1-3H3;8-10,13-15,18-19H,5-7,11-12H2,1-4H3;4-14,17,21H,1-3H3;6-11,14H,1-5H3/i;3D3;21D;3D3. The molecule has 7 aromatic rings. The number of aryl methyl sites for hydroxylation is 4. The van der Waals surface area contributed by atoms with Crippen LogP contribution in [0.3, 0.4) is 0 Å². The van der Waals surface area contributed by atoms with Crippen LogP contribution in [0.2, 0.25) is 0 Å². The zero-order chi connectivity index (χ0) is 72.6. The monoisotopic (exact) mass is 1260 g/mol. The first-order chi connectivity index (χ1) is 48.6. The molecule has 8 aliphatic heterocycles. The van der Waals surface area contributed by atoms with E-state index >= 15 is 0 Å². The fourth-order valence-corrected chi connectivity index (χ4v) is 16.8. The normalized spacial score (nSPS) is 26.3. The SMILES string of the molecule is CC1=C2C=CC(c3ccccc3)(c3ccccc3)N2C(C)N1c1ccccc1C.[2H]C([2H])([2H])C1N(c2ccccc2C)C(C)=C2C=CC(C)(C)N21.[2H]C([2H])([2H])C1N(c2ccccc2C)C(C)=C2C=CC(C)(C3CCCCC3)N21.[2H]C1(c2ccccc2)C=CC2=C(C)N(c3ccccc3C)C(C)N21. The molecule has 0 amide bonds. The molecule has 9 aliphatic rings. The summed E-state index contributed by atoms with van der Waals surface area (Å²) in [7, 11) is 0. The number of allylic oxidation sites excluding steroid dienone is 8. The summed E-state index contributed by atoms with van der Waals surface area (Å²) in [6.45, 7) is 23.6. The summed E-state index contributed by atoms with van der Waals surface area (Å²) < 4.78 is 58.7. The van der Waals surface area contributed by atoms with Gasteiger partial charge in [0.1, 0.15) is 30.2 Å². The Hall–Kier alpha value is -9.14.